The van der Waals surface area contributed by atoms with E-state index in [-0.39, 0.29) is 4.92 Å². The van der Waals surface area contributed by atoms with Crippen molar-refractivity contribution in [1.29, 1.82) is 0 Å². The number of hydrogen-bond acceptors (Lipinski definition) is 2. The largest absolute Gasteiger partial charge is 0.264 e. The molecule has 0 aromatic carbocycles. The maximum atomic E-state index is 10.5. The van der Waals surface area contributed by atoms with Crippen LogP contribution in [0.1, 0.15) is 13.3 Å². The number of halogens is 1. The molecule has 1 aliphatic carbocycles. The Balaban J connectivity index is 2.97. The highest BCUT2D eigenvalue weighted by Crippen LogP contribution is 2.30. The molecule has 0 amide bonds. The van der Waals surface area contributed by atoms with Crippen LogP contribution in [0.5, 0.6) is 0 Å². The average Bonchev–Trinajstić information content (AvgIpc) is 1.95. The Hall–Kier alpha value is -0.830. The van der Waals surface area contributed by atoms with Crippen molar-refractivity contribution >= 4 is 11.6 Å². The van der Waals surface area contributed by atoms with Gasteiger partial charge in [0.2, 0.25) is 0 Å². The van der Waals surface area contributed by atoms with Crippen molar-refractivity contribution in [2.24, 2.45) is 0 Å². The van der Waals surface area contributed by atoms with E-state index in [2.05, 4.69) is 0 Å². The second kappa shape index (κ2) is 2.66. The minimum atomic E-state index is -1.10. The molecule has 1 aliphatic rings. The zero-order valence-electron chi connectivity index (χ0n) is 6.08. The van der Waals surface area contributed by atoms with Gasteiger partial charge in [-0.1, -0.05) is 23.8 Å². The minimum Gasteiger partial charge on any atom is -0.264 e. The Bertz CT molecular complexity index is 247. The van der Waals surface area contributed by atoms with Gasteiger partial charge in [-0.3, -0.25) is 10.1 Å². The topological polar surface area (TPSA) is 43.1 Å². The molecule has 60 valence electrons. The van der Waals surface area contributed by atoms with Gasteiger partial charge in [0, 0.05) is 18.3 Å². The van der Waals surface area contributed by atoms with Gasteiger partial charge in [0.1, 0.15) is 0 Å². The normalized spacial score (nSPS) is 29.8. The molecule has 4 heteroatoms. The molecule has 0 aromatic rings. The van der Waals surface area contributed by atoms with Crippen LogP contribution in [-0.4, -0.2) is 10.5 Å². The van der Waals surface area contributed by atoms with E-state index in [1.807, 2.05) is 0 Å². The Morgan fingerprint density at radius 3 is 2.82 bits per heavy atom. The summed E-state index contributed by atoms with van der Waals surface area (Å²) in [6.07, 6.45) is 5.41. The summed E-state index contributed by atoms with van der Waals surface area (Å²) in [6, 6.07) is 0. The molecule has 0 radical (unpaired) electrons. The van der Waals surface area contributed by atoms with Gasteiger partial charge in [-0.25, -0.2) is 0 Å². The summed E-state index contributed by atoms with van der Waals surface area (Å²) in [4.78, 5) is 10.2. The first kappa shape index (κ1) is 8.27. The highest BCUT2D eigenvalue weighted by atomic mass is 35.5. The van der Waals surface area contributed by atoms with Crippen molar-refractivity contribution in [2.75, 3.05) is 0 Å². The maximum Gasteiger partial charge on any atom is 0.258 e. The summed E-state index contributed by atoms with van der Waals surface area (Å²) >= 11 is 5.69. The Kier molecular flexibility index (Phi) is 2.00. The first-order chi connectivity index (χ1) is 5.07. The standard InChI is InChI=1S/C7H8ClNO2/c1-7(9(10)11)5-3-2-4-6(7)8/h2-4H,5H2,1H3. The van der Waals surface area contributed by atoms with E-state index in [0.717, 1.165) is 0 Å². The van der Waals surface area contributed by atoms with Crippen molar-refractivity contribution in [2.45, 2.75) is 18.9 Å². The van der Waals surface area contributed by atoms with Crippen LogP contribution in [0.25, 0.3) is 0 Å². The Morgan fingerprint density at radius 1 is 1.82 bits per heavy atom. The second-order valence-electron chi connectivity index (χ2n) is 2.68. The lowest BCUT2D eigenvalue weighted by molar-refractivity contribution is -0.551. The third-order valence-corrected chi connectivity index (χ3v) is 2.34. The van der Waals surface area contributed by atoms with E-state index in [4.69, 9.17) is 11.6 Å². The molecule has 0 saturated heterocycles. The molecule has 0 heterocycles. The van der Waals surface area contributed by atoms with Crippen LogP contribution in [0.15, 0.2) is 23.3 Å². The van der Waals surface area contributed by atoms with Gasteiger partial charge in [-0.2, -0.15) is 0 Å². The van der Waals surface area contributed by atoms with E-state index >= 15 is 0 Å². The number of allylic oxidation sites excluding steroid dienone is 2. The van der Waals surface area contributed by atoms with Crippen molar-refractivity contribution in [3.05, 3.63) is 33.4 Å². The summed E-state index contributed by atoms with van der Waals surface area (Å²) in [6.45, 7) is 1.52. The maximum absolute atomic E-state index is 10.5. The van der Waals surface area contributed by atoms with E-state index < -0.39 is 5.54 Å². The fraction of sp³-hybridized carbons (Fsp3) is 0.429. The molecule has 3 nitrogen and oxygen atoms in total. The third-order valence-electron chi connectivity index (χ3n) is 1.81. The van der Waals surface area contributed by atoms with E-state index in [0.29, 0.717) is 11.5 Å². The number of hydrogen-bond donors (Lipinski definition) is 0. The molecule has 0 N–H and O–H groups in total. The van der Waals surface area contributed by atoms with Crippen LogP contribution >= 0.6 is 11.6 Å². The predicted octanol–water partition coefficient (Wildman–Crippen LogP) is 2.10. The molecule has 1 unspecified atom stereocenters. The van der Waals surface area contributed by atoms with Crippen molar-refractivity contribution in [3.8, 4) is 0 Å². The second-order valence-corrected chi connectivity index (χ2v) is 3.09. The van der Waals surface area contributed by atoms with Crippen molar-refractivity contribution in [1.82, 2.24) is 0 Å². The fourth-order valence-corrected chi connectivity index (χ4v) is 1.11. The van der Waals surface area contributed by atoms with Gasteiger partial charge in [0.05, 0.1) is 5.03 Å². The van der Waals surface area contributed by atoms with E-state index in [1.54, 1.807) is 18.2 Å². The molecule has 0 bridgehead atoms. The summed E-state index contributed by atoms with van der Waals surface area (Å²) < 4.78 is 0. The van der Waals surface area contributed by atoms with Crippen LogP contribution in [0.4, 0.5) is 0 Å². The first-order valence-corrected chi connectivity index (χ1v) is 3.62. The van der Waals surface area contributed by atoms with Gasteiger partial charge in [-0.15, -0.1) is 0 Å². The van der Waals surface area contributed by atoms with Gasteiger partial charge >= 0.3 is 0 Å². The van der Waals surface area contributed by atoms with Crippen LogP contribution in [0, 0.1) is 10.1 Å². The summed E-state index contributed by atoms with van der Waals surface area (Å²) in [5, 5.41) is 10.8. The van der Waals surface area contributed by atoms with Gasteiger partial charge in [-0.05, 0) is 6.08 Å². The summed E-state index contributed by atoms with van der Waals surface area (Å²) in [7, 11) is 0. The van der Waals surface area contributed by atoms with Gasteiger partial charge in [0.25, 0.3) is 5.54 Å². The molecule has 0 aromatic heterocycles. The highest BCUT2D eigenvalue weighted by molar-refractivity contribution is 6.30. The first-order valence-electron chi connectivity index (χ1n) is 3.24. The van der Waals surface area contributed by atoms with E-state index in [9.17, 15) is 10.1 Å². The lowest BCUT2D eigenvalue weighted by Gasteiger charge is -2.20. The quantitative estimate of drug-likeness (QED) is 0.450. The number of rotatable bonds is 1. The molecule has 0 aliphatic heterocycles. The molecule has 11 heavy (non-hydrogen) atoms. The molecule has 0 fully saturated rings. The van der Waals surface area contributed by atoms with Gasteiger partial charge < -0.3 is 0 Å². The zero-order chi connectivity index (χ0) is 8.48. The molecule has 0 spiro atoms. The zero-order valence-corrected chi connectivity index (χ0v) is 6.84. The monoisotopic (exact) mass is 173 g/mol. The van der Waals surface area contributed by atoms with Crippen LogP contribution in [0.3, 0.4) is 0 Å². The minimum absolute atomic E-state index is 0.296. The number of nitro groups is 1. The molecule has 1 atom stereocenters. The fourth-order valence-electron chi connectivity index (χ4n) is 0.889. The van der Waals surface area contributed by atoms with Crippen molar-refractivity contribution in [3.63, 3.8) is 0 Å². The van der Waals surface area contributed by atoms with Crippen LogP contribution in [-0.2, 0) is 0 Å². The van der Waals surface area contributed by atoms with Crippen molar-refractivity contribution < 1.29 is 4.92 Å². The van der Waals surface area contributed by atoms with Crippen LogP contribution in [0.2, 0.25) is 0 Å². The predicted molar refractivity (Wildman–Crippen MR) is 43.1 cm³/mol. The highest BCUT2D eigenvalue weighted by Gasteiger charge is 2.40. The lowest BCUT2D eigenvalue weighted by Crippen LogP contribution is -2.35. The molecular weight excluding hydrogens is 166 g/mol. The number of nitrogens with zero attached hydrogens (tertiary/aromatic N) is 1. The Morgan fingerprint density at radius 2 is 2.45 bits per heavy atom. The summed E-state index contributed by atoms with van der Waals surface area (Å²) in [5.74, 6) is 0. The third kappa shape index (κ3) is 1.28. The molecular formula is C7H8ClNO2. The lowest BCUT2D eigenvalue weighted by atomic mass is 9.94. The molecule has 0 saturated carbocycles. The summed E-state index contributed by atoms with van der Waals surface area (Å²) in [5.41, 5.74) is -1.10. The smallest absolute Gasteiger partial charge is 0.258 e. The average molecular weight is 174 g/mol. The Labute approximate surface area is 69.5 Å². The molecule has 1 rings (SSSR count). The van der Waals surface area contributed by atoms with Gasteiger partial charge in [0.15, 0.2) is 0 Å². The SMILES string of the molecule is CC1([N+](=O)[O-])CC=CC=C1Cl. The van der Waals surface area contributed by atoms with E-state index in [1.165, 1.54) is 6.92 Å². The van der Waals surface area contributed by atoms with Crippen LogP contribution < -0.4 is 0 Å².